The highest BCUT2D eigenvalue weighted by Crippen LogP contribution is 2.31. The average Bonchev–Trinajstić information content (AvgIpc) is 3.24. The molecule has 0 N–H and O–H groups in total. The summed E-state index contributed by atoms with van der Waals surface area (Å²) < 4.78 is 21.4. The minimum Gasteiger partial charge on any atom is -0.378 e. The molecule has 2 fully saturated rings. The first-order chi connectivity index (χ1) is 12.2. The summed E-state index contributed by atoms with van der Waals surface area (Å²) in [5.41, 5.74) is 1.31. The van der Waals surface area contributed by atoms with E-state index in [2.05, 4.69) is 15.0 Å². The van der Waals surface area contributed by atoms with E-state index < -0.39 is 12.2 Å². The van der Waals surface area contributed by atoms with Crippen LogP contribution in [0.25, 0.3) is 11.2 Å². The molecule has 2 aliphatic rings. The van der Waals surface area contributed by atoms with Gasteiger partial charge in [0.25, 0.3) is 0 Å². The largest absolute Gasteiger partial charge is 0.378 e. The minimum atomic E-state index is -1.06. The first-order valence-corrected chi connectivity index (χ1v) is 8.62. The Kier molecular flexibility index (Phi) is 4.24. The van der Waals surface area contributed by atoms with Gasteiger partial charge in [0.05, 0.1) is 26.1 Å². The molecule has 0 bridgehead atoms. The summed E-state index contributed by atoms with van der Waals surface area (Å²) in [5, 5.41) is 0. The number of anilines is 1. The van der Waals surface area contributed by atoms with Gasteiger partial charge in [0.2, 0.25) is 5.91 Å². The maximum Gasteiger partial charge on any atom is 0.245 e. The third kappa shape index (κ3) is 2.82. The summed E-state index contributed by atoms with van der Waals surface area (Å²) in [4.78, 5) is 29.4. The monoisotopic (exact) mass is 348 g/mol. The zero-order valence-electron chi connectivity index (χ0n) is 14.1. The number of carbonyl (C=O) groups is 1. The lowest BCUT2D eigenvalue weighted by Gasteiger charge is -2.32. The average molecular weight is 348 g/mol. The van der Waals surface area contributed by atoms with Crippen molar-refractivity contribution in [2.75, 3.05) is 37.7 Å². The van der Waals surface area contributed by atoms with Crippen LogP contribution in [-0.4, -0.2) is 75.4 Å². The number of aryl methyl sites for hydroxylation is 1. The molecule has 0 unspecified atom stereocenters. The number of halogens is 1. The Hall–Kier alpha value is -2.29. The number of amides is 1. The lowest BCUT2D eigenvalue weighted by Crippen LogP contribution is -2.50. The molecular formula is C16H21FN6O2. The minimum absolute atomic E-state index is 0.0647. The number of aromatic nitrogens is 4. The molecule has 2 atom stereocenters. The Labute approximate surface area is 144 Å². The van der Waals surface area contributed by atoms with Gasteiger partial charge >= 0.3 is 0 Å². The lowest BCUT2D eigenvalue weighted by atomic mass is 10.1. The van der Waals surface area contributed by atoms with Crippen LogP contribution >= 0.6 is 0 Å². The molecule has 2 aromatic rings. The highest BCUT2D eigenvalue weighted by Gasteiger charge is 2.41. The van der Waals surface area contributed by atoms with Gasteiger partial charge in [0, 0.05) is 26.1 Å². The summed E-state index contributed by atoms with van der Waals surface area (Å²) >= 11 is 0. The number of ether oxygens (including phenoxy) is 1. The van der Waals surface area contributed by atoms with Crippen LogP contribution in [0.4, 0.5) is 10.2 Å². The van der Waals surface area contributed by atoms with Crippen molar-refractivity contribution in [1.82, 2.24) is 24.4 Å². The molecule has 8 nitrogen and oxygen atoms in total. The molecule has 0 saturated carbocycles. The van der Waals surface area contributed by atoms with Crippen LogP contribution in [0.2, 0.25) is 0 Å². The molecule has 1 amide bonds. The summed E-state index contributed by atoms with van der Waals surface area (Å²) in [7, 11) is 0. The van der Waals surface area contributed by atoms with Crippen LogP contribution in [0.1, 0.15) is 13.3 Å². The SMILES string of the molecule is CCn1cnc2c(N3C[C@H](F)C[C@H]3C(=O)N3CCOCC3)ncnc21. The Bertz CT molecular complexity index is 775. The second-order valence-electron chi connectivity index (χ2n) is 6.34. The van der Waals surface area contributed by atoms with Crippen molar-refractivity contribution in [3.63, 3.8) is 0 Å². The number of hydrogen-bond acceptors (Lipinski definition) is 6. The van der Waals surface area contributed by atoms with Gasteiger partial charge in [-0.1, -0.05) is 0 Å². The van der Waals surface area contributed by atoms with Gasteiger partial charge in [0.15, 0.2) is 17.0 Å². The Morgan fingerprint density at radius 2 is 2.12 bits per heavy atom. The summed E-state index contributed by atoms with van der Waals surface area (Å²) in [5.74, 6) is 0.467. The fraction of sp³-hybridized carbons (Fsp3) is 0.625. The first kappa shape index (κ1) is 16.2. The molecule has 2 aliphatic heterocycles. The van der Waals surface area contributed by atoms with E-state index in [4.69, 9.17) is 4.74 Å². The summed E-state index contributed by atoms with van der Waals surface area (Å²) in [6.07, 6.45) is 2.27. The number of rotatable bonds is 3. The molecule has 0 radical (unpaired) electrons. The van der Waals surface area contributed by atoms with Crippen LogP contribution < -0.4 is 4.90 Å². The van der Waals surface area contributed by atoms with E-state index >= 15 is 0 Å². The molecule has 2 aromatic heterocycles. The van der Waals surface area contributed by atoms with Crippen molar-refractivity contribution in [2.45, 2.75) is 32.1 Å². The summed E-state index contributed by atoms with van der Waals surface area (Å²) in [6, 6.07) is -0.557. The number of morpholine rings is 1. The predicted molar refractivity (Wildman–Crippen MR) is 89.0 cm³/mol. The van der Waals surface area contributed by atoms with Crippen LogP contribution in [0, 0.1) is 0 Å². The molecule has 0 aliphatic carbocycles. The van der Waals surface area contributed by atoms with Crippen molar-refractivity contribution in [1.29, 1.82) is 0 Å². The molecule has 0 spiro atoms. The topological polar surface area (TPSA) is 76.4 Å². The van der Waals surface area contributed by atoms with Crippen LogP contribution in [0.3, 0.4) is 0 Å². The van der Waals surface area contributed by atoms with E-state index in [-0.39, 0.29) is 18.9 Å². The van der Waals surface area contributed by atoms with Gasteiger partial charge in [-0.25, -0.2) is 19.3 Å². The number of carbonyl (C=O) groups excluding carboxylic acids is 1. The summed E-state index contributed by atoms with van der Waals surface area (Å²) in [6.45, 7) is 5.02. The van der Waals surface area contributed by atoms with Gasteiger partial charge in [-0.2, -0.15) is 0 Å². The normalized spacial score (nSPS) is 24.2. The fourth-order valence-electron chi connectivity index (χ4n) is 3.56. The van der Waals surface area contributed by atoms with E-state index in [9.17, 15) is 9.18 Å². The van der Waals surface area contributed by atoms with E-state index in [0.29, 0.717) is 43.3 Å². The smallest absolute Gasteiger partial charge is 0.245 e. The molecule has 9 heteroatoms. The highest BCUT2D eigenvalue weighted by molar-refractivity contribution is 5.90. The number of hydrogen-bond donors (Lipinski definition) is 0. The zero-order valence-corrected chi connectivity index (χ0v) is 14.1. The second kappa shape index (κ2) is 6.55. The standard InChI is InChI=1S/C16H21FN6O2/c1-2-21-10-20-13-14(21)18-9-19-15(13)23-8-11(17)7-12(23)16(24)22-3-5-25-6-4-22/h9-12H,2-8H2,1H3/t11-,12+/m1/s1. The lowest BCUT2D eigenvalue weighted by molar-refractivity contribution is -0.136. The number of nitrogens with zero attached hydrogens (tertiary/aromatic N) is 6. The molecule has 4 rings (SSSR count). The van der Waals surface area contributed by atoms with Crippen molar-refractivity contribution in [2.24, 2.45) is 0 Å². The van der Waals surface area contributed by atoms with Gasteiger partial charge in [-0.05, 0) is 6.92 Å². The van der Waals surface area contributed by atoms with E-state index in [1.807, 2.05) is 11.5 Å². The molecule has 0 aromatic carbocycles. The van der Waals surface area contributed by atoms with Crippen molar-refractivity contribution >= 4 is 22.9 Å². The molecule has 2 saturated heterocycles. The second-order valence-corrected chi connectivity index (χ2v) is 6.34. The Morgan fingerprint density at radius 3 is 2.88 bits per heavy atom. The zero-order chi connectivity index (χ0) is 17.4. The Morgan fingerprint density at radius 1 is 1.32 bits per heavy atom. The highest BCUT2D eigenvalue weighted by atomic mass is 19.1. The fourth-order valence-corrected chi connectivity index (χ4v) is 3.56. The van der Waals surface area contributed by atoms with E-state index in [1.54, 1.807) is 16.1 Å². The molecule has 25 heavy (non-hydrogen) atoms. The maximum atomic E-state index is 14.2. The Balaban J connectivity index is 1.68. The van der Waals surface area contributed by atoms with Crippen molar-refractivity contribution in [3.8, 4) is 0 Å². The maximum absolute atomic E-state index is 14.2. The first-order valence-electron chi connectivity index (χ1n) is 8.62. The molecule has 134 valence electrons. The van der Waals surface area contributed by atoms with Crippen molar-refractivity contribution < 1.29 is 13.9 Å². The van der Waals surface area contributed by atoms with Gasteiger partial charge in [0.1, 0.15) is 18.5 Å². The number of alkyl halides is 1. The number of fused-ring (bicyclic) bond motifs is 1. The van der Waals surface area contributed by atoms with Crippen molar-refractivity contribution in [3.05, 3.63) is 12.7 Å². The van der Waals surface area contributed by atoms with Gasteiger partial charge in [-0.15, -0.1) is 0 Å². The number of imidazole rings is 1. The molecular weight excluding hydrogens is 327 g/mol. The van der Waals surface area contributed by atoms with Crippen LogP contribution in [-0.2, 0) is 16.1 Å². The van der Waals surface area contributed by atoms with Gasteiger partial charge < -0.3 is 19.1 Å². The van der Waals surface area contributed by atoms with E-state index in [0.717, 1.165) is 6.54 Å². The van der Waals surface area contributed by atoms with Gasteiger partial charge in [-0.3, -0.25) is 4.79 Å². The quantitative estimate of drug-likeness (QED) is 0.809. The molecule has 4 heterocycles. The predicted octanol–water partition coefficient (Wildman–Crippen LogP) is 0.622. The third-order valence-corrected chi connectivity index (χ3v) is 4.85. The van der Waals surface area contributed by atoms with Crippen LogP contribution in [0.5, 0.6) is 0 Å². The third-order valence-electron chi connectivity index (χ3n) is 4.85. The van der Waals surface area contributed by atoms with Crippen LogP contribution in [0.15, 0.2) is 12.7 Å². The van der Waals surface area contributed by atoms with E-state index in [1.165, 1.54) is 6.33 Å².